The number of hydrogen-bond acceptors (Lipinski definition) is 0. The molecule has 0 heterocycles. The molecule has 6 rings (SSSR count). The van der Waals surface area contributed by atoms with Crippen molar-refractivity contribution in [3.05, 3.63) is 158 Å². The quantitative estimate of drug-likeness (QED) is 0.189. The Morgan fingerprint density at radius 3 is 1.29 bits per heavy atom. The van der Waals surface area contributed by atoms with Crippen LogP contribution in [0.3, 0.4) is 0 Å². The van der Waals surface area contributed by atoms with Gasteiger partial charge in [0.1, 0.15) is 0 Å². The minimum absolute atomic E-state index is 0. The Morgan fingerprint density at radius 1 is 0.476 bits per heavy atom. The molecular weight excluding hydrogens is 611 g/mol. The van der Waals surface area contributed by atoms with Gasteiger partial charge in [-0.25, -0.2) is 0 Å². The van der Waals surface area contributed by atoms with E-state index in [1.807, 2.05) is 0 Å². The Labute approximate surface area is 282 Å². The molecule has 0 aliphatic heterocycles. The largest absolute Gasteiger partial charge is 1.00 e. The molecule has 1 aliphatic carbocycles. The monoisotopic (exact) mass is 644 g/mol. The van der Waals surface area contributed by atoms with Gasteiger partial charge in [0, 0.05) is 0 Å². The molecule has 0 spiro atoms. The molecule has 0 nitrogen and oxygen atoms in total. The number of hydrogen-bond donors (Lipinski definition) is 0. The first-order chi connectivity index (χ1) is 18.7. The molecule has 0 saturated carbocycles. The first-order valence-electron chi connectivity index (χ1n) is 13.9. The molecule has 4 heteroatoms. The maximum absolute atomic E-state index is 2.45. The average Bonchev–Trinajstić information content (AvgIpc) is 3.19. The van der Waals surface area contributed by atoms with Crippen LogP contribution in [0.1, 0.15) is 67.1 Å². The van der Waals surface area contributed by atoms with Crippen LogP contribution in [0.25, 0.3) is 11.1 Å². The van der Waals surface area contributed by atoms with Crippen LogP contribution in [0, 0.1) is 41.5 Å². The van der Waals surface area contributed by atoms with Crippen molar-refractivity contribution in [2.75, 3.05) is 0 Å². The number of halogens is 3. The van der Waals surface area contributed by atoms with E-state index in [2.05, 4.69) is 159 Å². The zero-order valence-electron chi connectivity index (χ0n) is 24.9. The Bertz CT molecular complexity index is 1570. The fraction of sp³-hybridized carbons (Fsp3) is 0.211. The van der Waals surface area contributed by atoms with E-state index in [0.29, 0.717) is 0 Å². The zero-order valence-corrected chi connectivity index (χ0v) is 28.8. The van der Waals surface area contributed by atoms with E-state index in [0.717, 1.165) is 0 Å². The molecule has 0 bridgehead atoms. The second kappa shape index (κ2) is 13.1. The van der Waals surface area contributed by atoms with Crippen molar-refractivity contribution in [3.63, 3.8) is 0 Å². The van der Waals surface area contributed by atoms with Crippen LogP contribution in [-0.2, 0) is 25.9 Å². The summed E-state index contributed by atoms with van der Waals surface area (Å²) >= 11 is 2.30. The van der Waals surface area contributed by atoms with Crippen molar-refractivity contribution >= 4 is 3.87 Å². The fourth-order valence-corrected chi connectivity index (χ4v) is 7.90. The molecule has 0 amide bonds. The van der Waals surface area contributed by atoms with Crippen LogP contribution in [0.2, 0.25) is 0 Å². The van der Waals surface area contributed by atoms with E-state index in [9.17, 15) is 0 Å². The van der Waals surface area contributed by atoms with Crippen LogP contribution in [0.5, 0.6) is 0 Å². The van der Waals surface area contributed by atoms with Gasteiger partial charge in [0.2, 0.25) is 0 Å². The van der Waals surface area contributed by atoms with Crippen molar-refractivity contribution < 1.29 is 57.7 Å². The molecule has 42 heavy (non-hydrogen) atoms. The van der Waals surface area contributed by atoms with Crippen molar-refractivity contribution in [2.24, 2.45) is 0 Å². The molecule has 1 aliphatic rings. The van der Waals surface area contributed by atoms with Gasteiger partial charge >= 0.3 is 247 Å². The van der Waals surface area contributed by atoms with Crippen molar-refractivity contribution in [1.29, 1.82) is 0 Å². The Morgan fingerprint density at radius 2 is 0.857 bits per heavy atom. The first-order valence-corrected chi connectivity index (χ1v) is 14.7. The van der Waals surface area contributed by atoms with Gasteiger partial charge in [0.15, 0.2) is 0 Å². The SMILES string of the molecule is Cc1cc(C)cc(C(c2cc(C)cc(C)c2)(c2cc(C)cc(C)c2)C2c3ccccc3-c3ccc[c]([Ti+3])c32)c1.[Cl-].[Cl-].[Cl-]. The van der Waals surface area contributed by atoms with E-state index < -0.39 is 5.41 Å². The predicted molar refractivity (Wildman–Crippen MR) is 161 cm³/mol. The molecule has 212 valence electrons. The summed E-state index contributed by atoms with van der Waals surface area (Å²) in [7, 11) is 0. The van der Waals surface area contributed by atoms with Crippen LogP contribution in [-0.4, -0.2) is 0 Å². The summed E-state index contributed by atoms with van der Waals surface area (Å²) < 4.78 is 1.36. The van der Waals surface area contributed by atoms with Crippen molar-refractivity contribution in [3.8, 4) is 11.1 Å². The minimum Gasteiger partial charge on any atom is -1.00 e. The molecule has 1 unspecified atom stereocenters. The normalized spacial score (nSPS) is 13.3. The van der Waals surface area contributed by atoms with E-state index in [1.54, 1.807) is 0 Å². The van der Waals surface area contributed by atoms with E-state index >= 15 is 0 Å². The van der Waals surface area contributed by atoms with E-state index in [1.165, 1.54) is 76.2 Å². The maximum Gasteiger partial charge on any atom is -1.00 e. The molecule has 0 radical (unpaired) electrons. The summed E-state index contributed by atoms with van der Waals surface area (Å²) in [5.74, 6) is 0.133. The molecular formula is C38H35Cl3Ti. The topological polar surface area (TPSA) is 0 Å². The Kier molecular flexibility index (Phi) is 10.7. The van der Waals surface area contributed by atoms with Gasteiger partial charge < -0.3 is 37.2 Å². The maximum atomic E-state index is 2.45. The number of aryl methyl sites for hydroxylation is 6. The van der Waals surface area contributed by atoms with Gasteiger partial charge in [-0.15, -0.1) is 0 Å². The van der Waals surface area contributed by atoms with Crippen LogP contribution < -0.4 is 41.1 Å². The number of rotatable bonds is 4. The molecule has 0 saturated heterocycles. The molecule has 0 fully saturated rings. The van der Waals surface area contributed by atoms with Crippen LogP contribution in [0.4, 0.5) is 0 Å². The molecule has 5 aromatic rings. The molecule has 0 aromatic heterocycles. The third-order valence-electron chi connectivity index (χ3n) is 8.42. The number of benzene rings is 5. The molecule has 1 atom stereocenters. The second-order valence-electron chi connectivity index (χ2n) is 11.7. The van der Waals surface area contributed by atoms with Gasteiger partial charge in [-0.05, 0) is 0 Å². The third kappa shape index (κ3) is 5.66. The summed E-state index contributed by atoms with van der Waals surface area (Å²) in [6.45, 7) is 13.5. The standard InChI is InChI=1S/C38H35.3ClH.Ti/c1-24-15-25(2)19-30(18-24)38(31-20-26(3)16-27(4)21-31,32-22-28(5)17-29(6)23-32)37-35-13-9-7-11-33(35)34-12-8-10-14-36(34)37;;;;/h7-13,15-23,37H,1-6H3;3*1H;/q;;;;+3/p-3. The molecule has 0 N–H and O–H groups in total. The van der Waals surface area contributed by atoms with Crippen LogP contribution in [0.15, 0.2) is 97.1 Å². The van der Waals surface area contributed by atoms with Gasteiger partial charge in [-0.1, -0.05) is 0 Å². The van der Waals surface area contributed by atoms with Gasteiger partial charge in [0.05, 0.1) is 0 Å². The fourth-order valence-electron chi connectivity index (χ4n) is 7.32. The predicted octanol–water partition coefficient (Wildman–Crippen LogP) is -0.132. The van der Waals surface area contributed by atoms with Crippen molar-refractivity contribution in [2.45, 2.75) is 52.9 Å². The Hall–Kier alpha value is -2.32. The summed E-state index contributed by atoms with van der Waals surface area (Å²) in [6, 6.07) is 37.6. The van der Waals surface area contributed by atoms with Gasteiger partial charge in [-0.2, -0.15) is 0 Å². The molecule has 5 aromatic carbocycles. The third-order valence-corrected chi connectivity index (χ3v) is 9.10. The summed E-state index contributed by atoms with van der Waals surface area (Å²) in [4.78, 5) is 0. The van der Waals surface area contributed by atoms with E-state index in [4.69, 9.17) is 0 Å². The zero-order chi connectivity index (χ0) is 27.5. The van der Waals surface area contributed by atoms with E-state index in [-0.39, 0.29) is 43.1 Å². The minimum atomic E-state index is -0.419. The van der Waals surface area contributed by atoms with Crippen LogP contribution >= 0.6 is 0 Å². The van der Waals surface area contributed by atoms with Gasteiger partial charge in [-0.3, -0.25) is 0 Å². The average molecular weight is 646 g/mol. The van der Waals surface area contributed by atoms with Gasteiger partial charge in [0.25, 0.3) is 0 Å². The smallest absolute Gasteiger partial charge is 1.00 e. The second-order valence-corrected chi connectivity index (χ2v) is 12.6. The van der Waals surface area contributed by atoms with Crippen molar-refractivity contribution in [1.82, 2.24) is 0 Å². The summed E-state index contributed by atoms with van der Waals surface area (Å²) in [6.07, 6.45) is 0. The summed E-state index contributed by atoms with van der Waals surface area (Å²) in [5.41, 5.74) is 17.1. The Balaban J connectivity index is 0.00000161. The summed E-state index contributed by atoms with van der Waals surface area (Å²) in [5, 5.41) is 0. The first kappa shape index (κ1) is 34.2. The number of fused-ring (bicyclic) bond motifs is 3.